The minimum atomic E-state index is -0.361. The largest absolute Gasteiger partial charge is 0.467 e. The van der Waals surface area contributed by atoms with Crippen molar-refractivity contribution in [3.05, 3.63) is 24.2 Å². The number of carbonyl (C=O) groups is 1. The fraction of sp³-hybridized carbons (Fsp3) is 0.300. The first kappa shape index (κ1) is 12.9. The van der Waals surface area contributed by atoms with Crippen molar-refractivity contribution in [3.8, 4) is 0 Å². The molecular formula is C10H12N4O2S2. The zero-order chi connectivity index (χ0) is 13.0. The molecule has 0 aromatic carbocycles. The first-order valence-corrected chi connectivity index (χ1v) is 6.90. The van der Waals surface area contributed by atoms with Crippen LogP contribution in [-0.4, -0.2) is 21.4 Å². The molecule has 2 rings (SSSR count). The van der Waals surface area contributed by atoms with E-state index in [9.17, 15) is 4.79 Å². The van der Waals surface area contributed by atoms with Gasteiger partial charge in [0.2, 0.25) is 11.0 Å². The Morgan fingerprint density at radius 2 is 2.50 bits per heavy atom. The highest BCUT2D eigenvalue weighted by Crippen LogP contribution is 2.28. The summed E-state index contributed by atoms with van der Waals surface area (Å²) in [6, 6.07) is 3.70. The van der Waals surface area contributed by atoms with Crippen molar-refractivity contribution in [2.45, 2.75) is 23.1 Å². The van der Waals surface area contributed by atoms with Gasteiger partial charge in [0, 0.05) is 0 Å². The second-order valence-corrected chi connectivity index (χ2v) is 6.03. The third-order valence-electron chi connectivity index (χ3n) is 2.08. The lowest BCUT2D eigenvalue weighted by molar-refractivity contribution is -0.117. The van der Waals surface area contributed by atoms with Crippen molar-refractivity contribution in [3.63, 3.8) is 0 Å². The second-order valence-electron chi connectivity index (χ2n) is 3.47. The second kappa shape index (κ2) is 5.87. The molecule has 3 N–H and O–H groups in total. The Kier molecular flexibility index (Phi) is 4.21. The van der Waals surface area contributed by atoms with Gasteiger partial charge < -0.3 is 15.5 Å². The van der Waals surface area contributed by atoms with Gasteiger partial charge >= 0.3 is 0 Å². The minimum absolute atomic E-state index is 0.309. The Hall–Kier alpha value is -1.54. The number of nitrogens with one attached hydrogen (secondary N) is 1. The van der Waals surface area contributed by atoms with Crippen LogP contribution >= 0.6 is 23.1 Å². The lowest BCUT2D eigenvalue weighted by Gasteiger charge is -2.01. The van der Waals surface area contributed by atoms with Gasteiger partial charge in [0.1, 0.15) is 5.76 Å². The van der Waals surface area contributed by atoms with Crippen LogP contribution in [0.2, 0.25) is 0 Å². The quantitative estimate of drug-likeness (QED) is 0.784. The summed E-state index contributed by atoms with van der Waals surface area (Å²) in [6.45, 7) is 2.29. The lowest BCUT2D eigenvalue weighted by Crippen LogP contribution is -2.22. The summed E-state index contributed by atoms with van der Waals surface area (Å²) in [6.07, 6.45) is 1.62. The van der Waals surface area contributed by atoms with E-state index in [-0.39, 0.29) is 11.2 Å². The maximum atomic E-state index is 10.9. The van der Waals surface area contributed by atoms with E-state index < -0.39 is 0 Å². The number of nitrogens with two attached hydrogens (primary N) is 1. The number of furan rings is 1. The van der Waals surface area contributed by atoms with Gasteiger partial charge in [-0.3, -0.25) is 4.79 Å². The van der Waals surface area contributed by atoms with Crippen LogP contribution in [0.25, 0.3) is 0 Å². The molecule has 6 nitrogen and oxygen atoms in total. The van der Waals surface area contributed by atoms with E-state index in [4.69, 9.17) is 10.2 Å². The highest BCUT2D eigenvalue weighted by atomic mass is 32.2. The van der Waals surface area contributed by atoms with Gasteiger partial charge in [0.15, 0.2) is 4.34 Å². The number of rotatable bonds is 6. The van der Waals surface area contributed by atoms with Crippen LogP contribution in [-0.2, 0) is 11.3 Å². The molecule has 0 aliphatic carbocycles. The molecule has 0 saturated carbocycles. The predicted molar refractivity (Wildman–Crippen MR) is 70.5 cm³/mol. The van der Waals surface area contributed by atoms with Gasteiger partial charge in [-0.15, -0.1) is 10.2 Å². The molecule has 8 heteroatoms. The summed E-state index contributed by atoms with van der Waals surface area (Å²) >= 11 is 2.68. The third kappa shape index (κ3) is 3.47. The third-order valence-corrected chi connectivity index (χ3v) is 4.16. The summed E-state index contributed by atoms with van der Waals surface area (Å²) in [7, 11) is 0. The molecule has 0 unspecified atom stereocenters. The Balaban J connectivity index is 1.88. The smallest absolute Gasteiger partial charge is 0.230 e. The lowest BCUT2D eigenvalue weighted by atomic mass is 10.4. The number of thioether (sulfide) groups is 1. The van der Waals surface area contributed by atoms with Crippen LogP contribution in [0.4, 0.5) is 5.13 Å². The average Bonchev–Trinajstić information content (AvgIpc) is 2.96. The Labute approximate surface area is 112 Å². The van der Waals surface area contributed by atoms with Crippen LogP contribution in [0.3, 0.4) is 0 Å². The molecule has 1 amide bonds. The molecule has 2 aromatic heterocycles. The number of hydrogen-bond donors (Lipinski definition) is 2. The Morgan fingerprint density at radius 1 is 1.67 bits per heavy atom. The van der Waals surface area contributed by atoms with E-state index in [1.165, 1.54) is 23.1 Å². The fourth-order valence-electron chi connectivity index (χ4n) is 1.11. The summed E-state index contributed by atoms with van der Waals surface area (Å²) in [5.41, 5.74) is 5.18. The number of hydrogen-bond acceptors (Lipinski definition) is 7. The topological polar surface area (TPSA) is 94.0 Å². The summed E-state index contributed by atoms with van der Waals surface area (Å²) < 4.78 is 5.90. The van der Waals surface area contributed by atoms with Crippen LogP contribution in [0.5, 0.6) is 0 Å². The zero-order valence-corrected chi connectivity index (χ0v) is 11.3. The van der Waals surface area contributed by atoms with E-state index in [1.54, 1.807) is 13.2 Å². The van der Waals surface area contributed by atoms with E-state index in [2.05, 4.69) is 15.5 Å². The molecule has 0 aliphatic heterocycles. The first-order chi connectivity index (χ1) is 8.65. The number of carbonyl (C=O) groups excluding carboxylic acids is 1. The van der Waals surface area contributed by atoms with Gasteiger partial charge in [-0.1, -0.05) is 23.1 Å². The van der Waals surface area contributed by atoms with Crippen LogP contribution in [0, 0.1) is 0 Å². The van der Waals surface area contributed by atoms with E-state index in [1.807, 2.05) is 12.1 Å². The number of primary amides is 1. The number of amides is 1. The summed E-state index contributed by atoms with van der Waals surface area (Å²) in [5, 5.41) is 11.4. The molecule has 0 radical (unpaired) electrons. The van der Waals surface area contributed by atoms with Crippen molar-refractivity contribution in [1.29, 1.82) is 0 Å². The van der Waals surface area contributed by atoms with Gasteiger partial charge in [0.05, 0.1) is 18.1 Å². The fourth-order valence-corrected chi connectivity index (χ4v) is 2.96. The molecule has 18 heavy (non-hydrogen) atoms. The van der Waals surface area contributed by atoms with Gasteiger partial charge in [-0.05, 0) is 19.1 Å². The maximum absolute atomic E-state index is 10.9. The highest BCUT2D eigenvalue weighted by Gasteiger charge is 2.14. The summed E-state index contributed by atoms with van der Waals surface area (Å²) in [4.78, 5) is 10.9. The van der Waals surface area contributed by atoms with E-state index in [0.717, 1.165) is 5.76 Å². The maximum Gasteiger partial charge on any atom is 0.230 e. The van der Waals surface area contributed by atoms with Gasteiger partial charge in [0.25, 0.3) is 0 Å². The van der Waals surface area contributed by atoms with E-state index in [0.29, 0.717) is 16.0 Å². The molecule has 0 fully saturated rings. The minimum Gasteiger partial charge on any atom is -0.467 e. The Bertz CT molecular complexity index is 512. The van der Waals surface area contributed by atoms with Gasteiger partial charge in [-0.25, -0.2) is 0 Å². The van der Waals surface area contributed by atoms with Crippen LogP contribution < -0.4 is 11.1 Å². The van der Waals surface area contributed by atoms with Crippen LogP contribution in [0.1, 0.15) is 12.7 Å². The monoisotopic (exact) mass is 284 g/mol. The van der Waals surface area contributed by atoms with E-state index >= 15 is 0 Å². The normalized spacial score (nSPS) is 12.3. The molecule has 0 bridgehead atoms. The molecule has 0 saturated heterocycles. The molecule has 2 aromatic rings. The Morgan fingerprint density at radius 3 is 3.17 bits per heavy atom. The zero-order valence-electron chi connectivity index (χ0n) is 9.62. The van der Waals surface area contributed by atoms with Crippen molar-refractivity contribution >= 4 is 34.1 Å². The predicted octanol–water partition coefficient (Wildman–Crippen LogP) is 1.71. The number of aromatic nitrogens is 2. The molecule has 0 spiro atoms. The molecular weight excluding hydrogens is 272 g/mol. The number of nitrogens with zero attached hydrogens (tertiary/aromatic N) is 2. The molecule has 2 heterocycles. The number of anilines is 1. The summed E-state index contributed by atoms with van der Waals surface area (Å²) in [5.74, 6) is 0.463. The highest BCUT2D eigenvalue weighted by molar-refractivity contribution is 8.02. The molecule has 1 atom stereocenters. The average molecular weight is 284 g/mol. The SMILES string of the molecule is C[C@@H](Sc1nnc(NCc2ccco2)s1)C(N)=O. The molecule has 0 aliphatic rings. The van der Waals surface area contributed by atoms with Crippen molar-refractivity contribution in [2.75, 3.05) is 5.32 Å². The van der Waals surface area contributed by atoms with Gasteiger partial charge in [-0.2, -0.15) is 0 Å². The molecule has 96 valence electrons. The first-order valence-electron chi connectivity index (χ1n) is 5.21. The van der Waals surface area contributed by atoms with Crippen molar-refractivity contribution in [1.82, 2.24) is 10.2 Å². The standard InChI is InChI=1S/C10H12N4O2S2/c1-6(8(11)15)17-10-14-13-9(18-10)12-5-7-3-2-4-16-7/h2-4,6H,5H2,1H3,(H2,11,15)(H,12,13)/t6-/m1/s1. The van der Waals surface area contributed by atoms with Crippen molar-refractivity contribution < 1.29 is 9.21 Å². The van der Waals surface area contributed by atoms with Crippen molar-refractivity contribution in [2.24, 2.45) is 5.73 Å². The van der Waals surface area contributed by atoms with Crippen LogP contribution in [0.15, 0.2) is 27.2 Å².